The minimum atomic E-state index is -0.442. The highest BCUT2D eigenvalue weighted by molar-refractivity contribution is 5.94. The van der Waals surface area contributed by atoms with Gasteiger partial charge in [-0.05, 0) is 36.4 Å². The van der Waals surface area contributed by atoms with Crippen molar-refractivity contribution in [2.24, 2.45) is 7.05 Å². The highest BCUT2D eigenvalue weighted by Crippen LogP contribution is 2.20. The van der Waals surface area contributed by atoms with Crippen molar-refractivity contribution in [2.75, 3.05) is 11.9 Å². The summed E-state index contributed by atoms with van der Waals surface area (Å²) in [5, 5.41) is 5.50. The predicted octanol–water partition coefficient (Wildman–Crippen LogP) is 2.64. The minimum Gasteiger partial charge on any atom is -0.352 e. The lowest BCUT2D eigenvalue weighted by Crippen LogP contribution is -2.26. The van der Waals surface area contributed by atoms with Crippen molar-refractivity contribution in [1.29, 1.82) is 0 Å². The Labute approximate surface area is 150 Å². The number of imidazole rings is 1. The molecular weight excluding hydrogens is 335 g/mol. The number of halogens is 1. The lowest BCUT2D eigenvalue weighted by atomic mass is 10.2. The fraction of sp³-hybridized carbons (Fsp3) is 0.211. The first-order chi connectivity index (χ1) is 12.4. The summed E-state index contributed by atoms with van der Waals surface area (Å²) < 4.78 is 15.1. The fourth-order valence-electron chi connectivity index (χ4n) is 2.77. The molecule has 3 rings (SSSR count). The molecule has 0 fully saturated rings. The van der Waals surface area contributed by atoms with E-state index < -0.39 is 5.82 Å². The first-order valence-electron chi connectivity index (χ1n) is 8.21. The van der Waals surface area contributed by atoms with E-state index in [1.807, 2.05) is 29.8 Å². The molecule has 0 atom stereocenters. The minimum absolute atomic E-state index is 0.138. The summed E-state index contributed by atoms with van der Waals surface area (Å²) in [4.78, 5) is 27.8. The zero-order chi connectivity index (χ0) is 18.7. The number of hydrogen-bond donors (Lipinski definition) is 2. The van der Waals surface area contributed by atoms with Gasteiger partial charge in [-0.3, -0.25) is 9.59 Å². The molecule has 2 aromatic carbocycles. The largest absolute Gasteiger partial charge is 0.352 e. The average molecular weight is 354 g/mol. The Balaban J connectivity index is 1.68. The Kier molecular flexibility index (Phi) is 4.97. The van der Waals surface area contributed by atoms with Gasteiger partial charge in [-0.25, -0.2) is 9.37 Å². The van der Waals surface area contributed by atoms with Gasteiger partial charge in [-0.2, -0.15) is 0 Å². The Morgan fingerprint density at radius 1 is 1.19 bits per heavy atom. The van der Waals surface area contributed by atoms with Crippen LogP contribution in [0.2, 0.25) is 0 Å². The number of rotatable bonds is 5. The third kappa shape index (κ3) is 3.88. The lowest BCUT2D eigenvalue weighted by Gasteiger charge is -2.06. The molecule has 1 aromatic heterocycles. The van der Waals surface area contributed by atoms with Crippen LogP contribution in [0.15, 0.2) is 42.5 Å². The normalized spacial score (nSPS) is 10.7. The van der Waals surface area contributed by atoms with Crippen LogP contribution in [0.5, 0.6) is 0 Å². The van der Waals surface area contributed by atoms with Gasteiger partial charge in [-0.1, -0.05) is 6.07 Å². The van der Waals surface area contributed by atoms with Crippen molar-refractivity contribution >= 4 is 28.5 Å². The van der Waals surface area contributed by atoms with Crippen LogP contribution in [0.3, 0.4) is 0 Å². The zero-order valence-electron chi connectivity index (χ0n) is 14.5. The predicted molar refractivity (Wildman–Crippen MR) is 97.5 cm³/mol. The van der Waals surface area contributed by atoms with Crippen molar-refractivity contribution in [2.45, 2.75) is 13.3 Å². The molecule has 0 saturated heterocycles. The van der Waals surface area contributed by atoms with Crippen molar-refractivity contribution in [3.8, 4) is 0 Å². The third-order valence-corrected chi connectivity index (χ3v) is 4.01. The van der Waals surface area contributed by atoms with Crippen LogP contribution in [0, 0.1) is 5.82 Å². The highest BCUT2D eigenvalue weighted by atomic mass is 19.1. The van der Waals surface area contributed by atoms with Crippen molar-refractivity contribution in [3.05, 3.63) is 59.7 Å². The molecule has 1 heterocycles. The van der Waals surface area contributed by atoms with E-state index in [1.165, 1.54) is 25.1 Å². The molecule has 7 heteroatoms. The summed E-state index contributed by atoms with van der Waals surface area (Å²) in [5.74, 6) is -0.0979. The van der Waals surface area contributed by atoms with Crippen LogP contribution in [0.1, 0.15) is 23.1 Å². The second-order valence-electron chi connectivity index (χ2n) is 5.99. The van der Waals surface area contributed by atoms with Gasteiger partial charge >= 0.3 is 0 Å². The SMILES string of the molecule is CC(=O)Nc1ccc2c(c1)nc(CCNC(=O)c1cccc(F)c1)n2C. The quantitative estimate of drug-likeness (QED) is 0.740. The molecule has 3 aromatic rings. The van der Waals surface area contributed by atoms with Crippen molar-refractivity contribution in [3.63, 3.8) is 0 Å². The summed E-state index contributed by atoms with van der Waals surface area (Å²) in [6.45, 7) is 1.83. The smallest absolute Gasteiger partial charge is 0.251 e. The second-order valence-corrected chi connectivity index (χ2v) is 5.99. The Bertz CT molecular complexity index is 981. The van der Waals surface area contributed by atoms with Crippen LogP contribution in [-0.2, 0) is 18.3 Å². The van der Waals surface area contributed by atoms with Gasteiger partial charge in [-0.15, -0.1) is 0 Å². The molecule has 0 aliphatic carbocycles. The van der Waals surface area contributed by atoms with Gasteiger partial charge in [0.15, 0.2) is 0 Å². The summed E-state index contributed by atoms with van der Waals surface area (Å²) in [6, 6.07) is 11.1. The summed E-state index contributed by atoms with van der Waals surface area (Å²) in [7, 11) is 1.90. The Hall–Kier alpha value is -3.22. The molecule has 2 N–H and O–H groups in total. The molecule has 0 aliphatic heterocycles. The summed E-state index contributed by atoms with van der Waals surface area (Å²) in [5.41, 5.74) is 2.68. The van der Waals surface area contributed by atoms with Crippen LogP contribution >= 0.6 is 0 Å². The van der Waals surface area contributed by atoms with Crippen LogP contribution in [0.4, 0.5) is 10.1 Å². The number of anilines is 1. The molecule has 0 bridgehead atoms. The number of amides is 2. The molecule has 6 nitrogen and oxygen atoms in total. The molecule has 0 unspecified atom stereocenters. The van der Waals surface area contributed by atoms with Crippen molar-refractivity contribution < 1.29 is 14.0 Å². The molecule has 0 radical (unpaired) electrons. The van der Waals surface area contributed by atoms with E-state index in [0.717, 1.165) is 16.9 Å². The molecular formula is C19H19FN4O2. The van der Waals surface area contributed by atoms with Gasteiger partial charge < -0.3 is 15.2 Å². The number of benzene rings is 2. The average Bonchev–Trinajstić information content (AvgIpc) is 2.90. The summed E-state index contributed by atoms with van der Waals surface area (Å²) in [6.07, 6.45) is 0.529. The fourth-order valence-corrected chi connectivity index (χ4v) is 2.77. The summed E-state index contributed by atoms with van der Waals surface area (Å²) >= 11 is 0. The van der Waals surface area contributed by atoms with Gasteiger partial charge in [0, 0.05) is 38.2 Å². The number of carbonyl (C=O) groups excluding carboxylic acids is 2. The van der Waals surface area contributed by atoms with E-state index in [1.54, 1.807) is 6.07 Å². The number of carbonyl (C=O) groups is 2. The monoisotopic (exact) mass is 354 g/mol. The first-order valence-corrected chi connectivity index (χ1v) is 8.21. The number of hydrogen-bond acceptors (Lipinski definition) is 3. The Morgan fingerprint density at radius 3 is 2.73 bits per heavy atom. The van der Waals surface area contributed by atoms with Crippen LogP contribution < -0.4 is 10.6 Å². The van der Waals surface area contributed by atoms with E-state index in [-0.39, 0.29) is 17.4 Å². The maximum Gasteiger partial charge on any atom is 0.251 e. The number of nitrogens with one attached hydrogen (secondary N) is 2. The zero-order valence-corrected chi connectivity index (χ0v) is 14.5. The van der Waals surface area contributed by atoms with Gasteiger partial charge in [0.05, 0.1) is 11.0 Å². The van der Waals surface area contributed by atoms with Gasteiger partial charge in [0.25, 0.3) is 5.91 Å². The molecule has 0 saturated carbocycles. The van der Waals surface area contributed by atoms with Crippen molar-refractivity contribution in [1.82, 2.24) is 14.9 Å². The van der Waals surface area contributed by atoms with Gasteiger partial charge in [0.2, 0.25) is 5.91 Å². The lowest BCUT2D eigenvalue weighted by molar-refractivity contribution is -0.114. The van der Waals surface area contributed by atoms with E-state index in [2.05, 4.69) is 15.6 Å². The second kappa shape index (κ2) is 7.35. The topological polar surface area (TPSA) is 76.0 Å². The number of fused-ring (bicyclic) bond motifs is 1. The van der Waals surface area contributed by atoms with E-state index in [4.69, 9.17) is 0 Å². The first kappa shape index (κ1) is 17.6. The number of aromatic nitrogens is 2. The molecule has 2 amide bonds. The highest BCUT2D eigenvalue weighted by Gasteiger charge is 2.10. The van der Waals surface area contributed by atoms with Crippen LogP contribution in [0.25, 0.3) is 11.0 Å². The molecule has 134 valence electrons. The van der Waals surface area contributed by atoms with E-state index in [9.17, 15) is 14.0 Å². The maximum atomic E-state index is 13.2. The molecule has 26 heavy (non-hydrogen) atoms. The standard InChI is InChI=1S/C19H19FN4O2/c1-12(25)22-15-6-7-17-16(11-15)23-18(24(17)2)8-9-21-19(26)13-4-3-5-14(20)10-13/h3-7,10-11H,8-9H2,1-2H3,(H,21,26)(H,22,25). The van der Waals surface area contributed by atoms with Crippen LogP contribution in [-0.4, -0.2) is 27.9 Å². The third-order valence-electron chi connectivity index (χ3n) is 4.01. The van der Waals surface area contributed by atoms with E-state index >= 15 is 0 Å². The number of nitrogens with zero attached hydrogens (tertiary/aromatic N) is 2. The van der Waals surface area contributed by atoms with Gasteiger partial charge in [0.1, 0.15) is 11.6 Å². The molecule has 0 aliphatic rings. The Morgan fingerprint density at radius 2 is 2.00 bits per heavy atom. The number of aryl methyl sites for hydroxylation is 1. The van der Waals surface area contributed by atoms with E-state index in [0.29, 0.717) is 18.7 Å². The maximum absolute atomic E-state index is 13.2. The molecule has 0 spiro atoms.